The fraction of sp³-hybridized carbons (Fsp3) is 1.00. The van der Waals surface area contributed by atoms with Gasteiger partial charge in [-0.3, -0.25) is 0 Å². The van der Waals surface area contributed by atoms with Gasteiger partial charge in [0.2, 0.25) is 0 Å². The van der Waals surface area contributed by atoms with Crippen molar-refractivity contribution >= 4 is 0 Å². The van der Waals surface area contributed by atoms with Crippen LogP contribution in [-0.4, -0.2) is 11.2 Å². The van der Waals surface area contributed by atoms with Crippen molar-refractivity contribution < 1.29 is 6.48 Å². The normalized spacial score (nSPS) is 35.6. The Morgan fingerprint density at radius 1 is 0.769 bits per heavy atom. The second kappa shape index (κ2) is 7.37. The molecule has 1 N–H and O–H groups in total. The molecule has 2 unspecified atom stereocenters. The molecule has 1 heteroatoms. The number of rotatable bonds is 0. The van der Waals surface area contributed by atoms with Crippen molar-refractivity contribution in [3.05, 3.63) is 0 Å². The predicted molar refractivity (Wildman–Crippen MR) is 56.8 cm³/mol. The molecule has 0 aromatic carbocycles. The zero-order chi connectivity index (χ0) is 10.2. The Morgan fingerprint density at radius 2 is 1.23 bits per heavy atom. The zero-order valence-corrected chi connectivity index (χ0v) is 8.67. The number of hydrogen-bond acceptors (Lipinski definition) is 1. The van der Waals surface area contributed by atoms with E-state index in [-0.39, 0.29) is 12.5 Å². The molecule has 0 saturated heterocycles. The molecule has 0 heterocycles. The van der Waals surface area contributed by atoms with Crippen LogP contribution in [-0.2, 0) is 0 Å². The largest absolute Gasteiger partial charge is 0.393 e. The summed E-state index contributed by atoms with van der Waals surface area (Å²) in [6.07, 6.45) is 11.2. The highest BCUT2D eigenvalue weighted by atomic mass is 16.3. The summed E-state index contributed by atoms with van der Waals surface area (Å²) >= 11 is 0. The first-order valence-corrected chi connectivity index (χ1v) is 5.91. The highest BCUT2D eigenvalue weighted by Gasteiger charge is 2.04. The Kier molecular flexibility index (Phi) is 5.39. The van der Waals surface area contributed by atoms with E-state index in [1.807, 2.05) is 0 Å². The quantitative estimate of drug-likeness (QED) is 0.610. The monoisotopic (exact) mass is 185 g/mol. The summed E-state index contributed by atoms with van der Waals surface area (Å²) in [4.78, 5) is 0. The smallest absolute Gasteiger partial charge is 0.0540 e. The molecule has 0 spiro atoms. The molecular formula is C12H24O. The Labute approximate surface area is 83.9 Å². The maximum atomic E-state index is 9.67. The first-order chi connectivity index (χ1) is 6.80. The first-order valence-electron chi connectivity index (χ1n) is 6.49. The van der Waals surface area contributed by atoms with Crippen molar-refractivity contribution in [1.29, 1.82) is 0 Å². The third-order valence-electron chi connectivity index (χ3n) is 2.89. The molecule has 0 aromatic rings. The van der Waals surface area contributed by atoms with Crippen molar-refractivity contribution in [3.63, 3.8) is 0 Å². The Hall–Kier alpha value is -0.0400. The molecule has 0 aliphatic heterocycles. The van der Waals surface area contributed by atoms with Crippen LogP contribution in [0.4, 0.5) is 0 Å². The Morgan fingerprint density at radius 3 is 1.85 bits per heavy atom. The molecule has 2 atom stereocenters. The van der Waals surface area contributed by atoms with Crippen LogP contribution in [0.15, 0.2) is 0 Å². The molecule has 13 heavy (non-hydrogen) atoms. The molecule has 1 rings (SSSR count). The van der Waals surface area contributed by atoms with Gasteiger partial charge in [0.1, 0.15) is 0 Å². The molecular weight excluding hydrogens is 160 g/mol. The fourth-order valence-electron chi connectivity index (χ4n) is 1.99. The lowest BCUT2D eigenvalue weighted by atomic mass is 10.00. The second-order valence-electron chi connectivity index (χ2n) is 4.21. The van der Waals surface area contributed by atoms with Crippen LogP contribution in [0.3, 0.4) is 0 Å². The SMILES string of the molecule is [2H]C1CCCCCCCCCCC1O. The van der Waals surface area contributed by atoms with Gasteiger partial charge in [-0.25, -0.2) is 0 Å². The summed E-state index contributed by atoms with van der Waals surface area (Å²) < 4.78 is 7.76. The van der Waals surface area contributed by atoms with Gasteiger partial charge in [-0.05, 0) is 12.8 Å². The molecule has 0 bridgehead atoms. The van der Waals surface area contributed by atoms with E-state index in [2.05, 4.69) is 0 Å². The van der Waals surface area contributed by atoms with Crippen LogP contribution in [0, 0.1) is 0 Å². The van der Waals surface area contributed by atoms with Gasteiger partial charge in [-0.2, -0.15) is 0 Å². The lowest BCUT2D eigenvalue weighted by Gasteiger charge is -2.11. The fourth-order valence-corrected chi connectivity index (χ4v) is 1.99. The molecule has 1 aliphatic rings. The van der Waals surface area contributed by atoms with Crippen LogP contribution < -0.4 is 0 Å². The van der Waals surface area contributed by atoms with Crippen LogP contribution in [0.2, 0.25) is 0 Å². The molecule has 1 aliphatic carbocycles. The van der Waals surface area contributed by atoms with E-state index in [1.54, 1.807) is 0 Å². The summed E-state index contributed by atoms with van der Waals surface area (Å²) in [5, 5.41) is 9.67. The number of aliphatic hydroxyl groups is 1. The second-order valence-corrected chi connectivity index (χ2v) is 4.21. The van der Waals surface area contributed by atoms with Gasteiger partial charge in [-0.1, -0.05) is 57.8 Å². The number of hydrogen-bond donors (Lipinski definition) is 1. The summed E-state index contributed by atoms with van der Waals surface area (Å²) in [5.41, 5.74) is 0. The van der Waals surface area contributed by atoms with Crippen molar-refractivity contribution in [3.8, 4) is 0 Å². The summed E-state index contributed by atoms with van der Waals surface area (Å²) in [5.74, 6) is 0. The van der Waals surface area contributed by atoms with Gasteiger partial charge >= 0.3 is 0 Å². The van der Waals surface area contributed by atoms with Gasteiger partial charge in [0.25, 0.3) is 0 Å². The van der Waals surface area contributed by atoms with Crippen molar-refractivity contribution in [2.45, 2.75) is 76.7 Å². The Balaban J connectivity index is 2.23. The van der Waals surface area contributed by atoms with E-state index in [0.717, 1.165) is 25.7 Å². The minimum Gasteiger partial charge on any atom is -0.393 e. The van der Waals surface area contributed by atoms with E-state index in [1.165, 1.54) is 38.5 Å². The molecule has 78 valence electrons. The first kappa shape index (κ1) is 9.51. The highest BCUT2D eigenvalue weighted by Crippen LogP contribution is 2.16. The lowest BCUT2D eigenvalue weighted by Crippen LogP contribution is -2.06. The van der Waals surface area contributed by atoms with Gasteiger partial charge in [0.15, 0.2) is 0 Å². The van der Waals surface area contributed by atoms with Crippen molar-refractivity contribution in [2.75, 3.05) is 0 Å². The molecule has 0 radical (unpaired) electrons. The summed E-state index contributed by atoms with van der Waals surface area (Å²) in [7, 11) is 0. The highest BCUT2D eigenvalue weighted by molar-refractivity contribution is 4.58. The Bertz CT molecular complexity index is 122. The standard InChI is InChI=1S/C12H24O/c13-12-10-8-6-4-2-1-3-5-7-9-11-12/h12-13H,1-11H2/i10D. The van der Waals surface area contributed by atoms with Gasteiger partial charge in [0, 0.05) is 1.37 Å². The third-order valence-corrected chi connectivity index (χ3v) is 2.89. The average molecular weight is 185 g/mol. The van der Waals surface area contributed by atoms with Gasteiger partial charge in [-0.15, -0.1) is 0 Å². The minimum atomic E-state index is -0.366. The molecule has 1 nitrogen and oxygen atoms in total. The number of aliphatic hydroxyl groups excluding tert-OH is 1. The third kappa shape index (κ3) is 6.09. The van der Waals surface area contributed by atoms with Crippen molar-refractivity contribution in [1.82, 2.24) is 0 Å². The zero-order valence-electron chi connectivity index (χ0n) is 9.67. The minimum absolute atomic E-state index is 0.227. The van der Waals surface area contributed by atoms with E-state index in [4.69, 9.17) is 1.37 Å². The molecule has 1 saturated carbocycles. The van der Waals surface area contributed by atoms with E-state index in [9.17, 15) is 5.11 Å². The van der Waals surface area contributed by atoms with E-state index >= 15 is 0 Å². The average Bonchev–Trinajstić information content (AvgIpc) is 2.18. The maximum Gasteiger partial charge on any atom is 0.0540 e. The van der Waals surface area contributed by atoms with Crippen LogP contribution >= 0.6 is 0 Å². The van der Waals surface area contributed by atoms with Gasteiger partial charge < -0.3 is 5.11 Å². The topological polar surface area (TPSA) is 20.2 Å². The summed E-state index contributed by atoms with van der Waals surface area (Å²) in [6, 6.07) is 0. The molecule has 0 amide bonds. The van der Waals surface area contributed by atoms with Crippen molar-refractivity contribution in [2.24, 2.45) is 0 Å². The van der Waals surface area contributed by atoms with E-state index < -0.39 is 0 Å². The van der Waals surface area contributed by atoms with Crippen LogP contribution in [0.5, 0.6) is 0 Å². The lowest BCUT2D eigenvalue weighted by molar-refractivity contribution is 0.146. The summed E-state index contributed by atoms with van der Waals surface area (Å²) in [6.45, 7) is 0. The van der Waals surface area contributed by atoms with Gasteiger partial charge in [0.05, 0.1) is 6.10 Å². The maximum absolute atomic E-state index is 9.67. The van der Waals surface area contributed by atoms with Crippen LogP contribution in [0.1, 0.15) is 72.0 Å². The molecule has 0 aromatic heterocycles. The van der Waals surface area contributed by atoms with Crippen LogP contribution in [0.25, 0.3) is 0 Å². The van der Waals surface area contributed by atoms with E-state index in [0.29, 0.717) is 0 Å². The predicted octanol–water partition coefficient (Wildman–Crippen LogP) is 3.65. The molecule has 1 fully saturated rings.